The van der Waals surface area contributed by atoms with E-state index in [4.69, 9.17) is 5.73 Å². The Hall–Kier alpha value is -0.380. The first-order valence-electron chi connectivity index (χ1n) is 5.22. The average Bonchev–Trinajstić information content (AvgIpc) is 2.64. The maximum absolute atomic E-state index is 5.74. The predicted molar refractivity (Wildman–Crippen MR) is 63.5 cm³/mol. The Kier molecular flexibility index (Phi) is 5.15. The molecule has 0 saturated heterocycles. The Morgan fingerprint density at radius 3 is 2.86 bits per heavy atom. The van der Waals surface area contributed by atoms with Crippen LogP contribution in [0.25, 0.3) is 0 Å². The van der Waals surface area contributed by atoms with Crippen molar-refractivity contribution < 1.29 is 0 Å². The number of hydrogen-bond acceptors (Lipinski definition) is 3. The van der Waals surface area contributed by atoms with E-state index in [0.717, 1.165) is 26.1 Å². The Bertz CT molecular complexity index is 231. The molecule has 0 aromatic carbocycles. The zero-order chi connectivity index (χ0) is 10.4. The molecule has 1 aromatic rings. The lowest BCUT2D eigenvalue weighted by atomic mass is 10.2. The lowest BCUT2D eigenvalue weighted by Crippen LogP contribution is -2.28. The van der Waals surface area contributed by atoms with E-state index in [9.17, 15) is 0 Å². The third kappa shape index (κ3) is 4.22. The molecular formula is C11H20N2S. The molecule has 0 aliphatic rings. The van der Waals surface area contributed by atoms with Gasteiger partial charge in [0, 0.05) is 17.5 Å². The molecule has 2 nitrogen and oxygen atoms in total. The standard InChI is InChI=1S/C11H20N2S/c1-3-13(7-6-10(2)12)9-11-5-4-8-14-11/h4-5,8,10H,3,6-7,9,12H2,1-2H3. The van der Waals surface area contributed by atoms with Crippen LogP contribution in [0.15, 0.2) is 17.5 Å². The second kappa shape index (κ2) is 6.17. The van der Waals surface area contributed by atoms with Gasteiger partial charge in [-0.15, -0.1) is 11.3 Å². The van der Waals surface area contributed by atoms with Gasteiger partial charge in [0.25, 0.3) is 0 Å². The summed E-state index contributed by atoms with van der Waals surface area (Å²) in [7, 11) is 0. The van der Waals surface area contributed by atoms with Gasteiger partial charge in [0.05, 0.1) is 0 Å². The van der Waals surface area contributed by atoms with Crippen molar-refractivity contribution in [3.05, 3.63) is 22.4 Å². The lowest BCUT2D eigenvalue weighted by molar-refractivity contribution is 0.272. The zero-order valence-corrected chi connectivity index (χ0v) is 9.89. The summed E-state index contributed by atoms with van der Waals surface area (Å²) >= 11 is 1.83. The molecule has 0 aliphatic carbocycles. The topological polar surface area (TPSA) is 29.3 Å². The van der Waals surface area contributed by atoms with Gasteiger partial charge in [-0.3, -0.25) is 4.90 Å². The van der Waals surface area contributed by atoms with E-state index in [-0.39, 0.29) is 0 Å². The maximum atomic E-state index is 5.74. The third-order valence-corrected chi connectivity index (χ3v) is 3.17. The average molecular weight is 212 g/mol. The number of thiophene rings is 1. The molecule has 0 aliphatic heterocycles. The zero-order valence-electron chi connectivity index (χ0n) is 9.07. The van der Waals surface area contributed by atoms with E-state index < -0.39 is 0 Å². The summed E-state index contributed by atoms with van der Waals surface area (Å²) in [4.78, 5) is 3.88. The van der Waals surface area contributed by atoms with Crippen LogP contribution in [0.1, 0.15) is 25.1 Å². The lowest BCUT2D eigenvalue weighted by Gasteiger charge is -2.20. The highest BCUT2D eigenvalue weighted by Gasteiger charge is 2.05. The van der Waals surface area contributed by atoms with E-state index in [1.807, 2.05) is 11.3 Å². The molecular weight excluding hydrogens is 192 g/mol. The highest BCUT2D eigenvalue weighted by atomic mass is 32.1. The second-order valence-electron chi connectivity index (χ2n) is 3.71. The fraction of sp³-hybridized carbons (Fsp3) is 0.636. The Morgan fingerprint density at radius 1 is 1.57 bits per heavy atom. The van der Waals surface area contributed by atoms with Crippen LogP contribution in [-0.2, 0) is 6.54 Å². The summed E-state index contributed by atoms with van der Waals surface area (Å²) in [6.07, 6.45) is 1.08. The molecule has 1 heterocycles. The van der Waals surface area contributed by atoms with Crippen molar-refractivity contribution in [2.75, 3.05) is 13.1 Å². The van der Waals surface area contributed by atoms with E-state index in [2.05, 4.69) is 36.3 Å². The molecule has 1 unspecified atom stereocenters. The van der Waals surface area contributed by atoms with Crippen molar-refractivity contribution in [2.24, 2.45) is 5.73 Å². The molecule has 0 fully saturated rings. The van der Waals surface area contributed by atoms with Crippen LogP contribution in [0, 0.1) is 0 Å². The molecule has 3 heteroatoms. The first kappa shape index (κ1) is 11.7. The number of nitrogens with two attached hydrogens (primary N) is 1. The number of hydrogen-bond donors (Lipinski definition) is 1. The van der Waals surface area contributed by atoms with Gasteiger partial charge < -0.3 is 5.73 Å². The summed E-state index contributed by atoms with van der Waals surface area (Å²) in [6.45, 7) is 7.55. The van der Waals surface area contributed by atoms with Crippen LogP contribution in [-0.4, -0.2) is 24.0 Å². The van der Waals surface area contributed by atoms with Crippen molar-refractivity contribution >= 4 is 11.3 Å². The number of rotatable bonds is 6. The second-order valence-corrected chi connectivity index (χ2v) is 4.75. The van der Waals surface area contributed by atoms with Gasteiger partial charge >= 0.3 is 0 Å². The largest absolute Gasteiger partial charge is 0.328 e. The molecule has 0 saturated carbocycles. The predicted octanol–water partition coefficient (Wildman–Crippen LogP) is 2.31. The Labute approximate surface area is 90.7 Å². The minimum atomic E-state index is 0.312. The molecule has 0 bridgehead atoms. The summed E-state index contributed by atoms with van der Waals surface area (Å²) < 4.78 is 0. The quantitative estimate of drug-likeness (QED) is 0.784. The van der Waals surface area contributed by atoms with E-state index >= 15 is 0 Å². The minimum Gasteiger partial charge on any atom is -0.328 e. The number of nitrogens with zero attached hydrogens (tertiary/aromatic N) is 1. The van der Waals surface area contributed by atoms with Gasteiger partial charge in [-0.1, -0.05) is 13.0 Å². The van der Waals surface area contributed by atoms with E-state index in [0.29, 0.717) is 6.04 Å². The van der Waals surface area contributed by atoms with Crippen LogP contribution >= 0.6 is 11.3 Å². The summed E-state index contributed by atoms with van der Waals surface area (Å²) in [5.74, 6) is 0. The van der Waals surface area contributed by atoms with Crippen molar-refractivity contribution in [3.8, 4) is 0 Å². The third-order valence-electron chi connectivity index (χ3n) is 2.31. The van der Waals surface area contributed by atoms with Crippen molar-refractivity contribution in [1.82, 2.24) is 4.90 Å². The first-order chi connectivity index (χ1) is 6.72. The summed E-state index contributed by atoms with van der Waals surface area (Å²) in [6, 6.07) is 4.62. The van der Waals surface area contributed by atoms with Crippen LogP contribution in [0.3, 0.4) is 0 Å². The minimum absolute atomic E-state index is 0.312. The van der Waals surface area contributed by atoms with Gasteiger partial charge in [-0.2, -0.15) is 0 Å². The fourth-order valence-electron chi connectivity index (χ4n) is 1.36. The van der Waals surface area contributed by atoms with Gasteiger partial charge in [-0.25, -0.2) is 0 Å². The van der Waals surface area contributed by atoms with E-state index in [1.165, 1.54) is 4.88 Å². The van der Waals surface area contributed by atoms with Crippen molar-refractivity contribution in [1.29, 1.82) is 0 Å². The highest BCUT2D eigenvalue weighted by Crippen LogP contribution is 2.11. The van der Waals surface area contributed by atoms with Gasteiger partial charge in [0.2, 0.25) is 0 Å². The SMILES string of the molecule is CCN(CCC(C)N)Cc1cccs1. The normalized spacial score (nSPS) is 13.4. The molecule has 14 heavy (non-hydrogen) atoms. The molecule has 0 amide bonds. The van der Waals surface area contributed by atoms with Crippen LogP contribution < -0.4 is 5.73 Å². The molecule has 1 aromatic heterocycles. The van der Waals surface area contributed by atoms with E-state index in [1.54, 1.807) is 0 Å². The van der Waals surface area contributed by atoms with Gasteiger partial charge in [-0.05, 0) is 37.9 Å². The smallest absolute Gasteiger partial charge is 0.0327 e. The van der Waals surface area contributed by atoms with Gasteiger partial charge in [0.15, 0.2) is 0 Å². The molecule has 80 valence electrons. The maximum Gasteiger partial charge on any atom is 0.0327 e. The molecule has 1 rings (SSSR count). The summed E-state index contributed by atoms with van der Waals surface area (Å²) in [5.41, 5.74) is 5.74. The summed E-state index contributed by atoms with van der Waals surface area (Å²) in [5, 5.41) is 2.13. The van der Waals surface area contributed by atoms with Gasteiger partial charge in [0.1, 0.15) is 0 Å². The van der Waals surface area contributed by atoms with Crippen molar-refractivity contribution in [3.63, 3.8) is 0 Å². The molecule has 2 N–H and O–H groups in total. The first-order valence-corrected chi connectivity index (χ1v) is 6.10. The Morgan fingerprint density at radius 2 is 2.36 bits per heavy atom. The highest BCUT2D eigenvalue weighted by molar-refractivity contribution is 7.09. The van der Waals surface area contributed by atoms with Crippen LogP contribution in [0.4, 0.5) is 0 Å². The fourth-order valence-corrected chi connectivity index (χ4v) is 2.10. The van der Waals surface area contributed by atoms with Crippen molar-refractivity contribution in [2.45, 2.75) is 32.9 Å². The molecule has 0 spiro atoms. The molecule has 1 atom stereocenters. The Balaban J connectivity index is 2.32. The van der Waals surface area contributed by atoms with Crippen LogP contribution in [0.5, 0.6) is 0 Å². The van der Waals surface area contributed by atoms with Crippen LogP contribution in [0.2, 0.25) is 0 Å². The monoisotopic (exact) mass is 212 g/mol. The molecule has 0 radical (unpaired) electrons.